The number of benzene rings is 1. The summed E-state index contributed by atoms with van der Waals surface area (Å²) in [5, 5.41) is 0. The Labute approximate surface area is 125 Å². The molecule has 3 rings (SSSR count). The summed E-state index contributed by atoms with van der Waals surface area (Å²) in [6.45, 7) is 6.93. The summed E-state index contributed by atoms with van der Waals surface area (Å²) in [4.78, 5) is 14.7. The van der Waals surface area contributed by atoms with E-state index >= 15 is 0 Å². The Hall–Kier alpha value is -2.03. The molecule has 1 aromatic carbocycles. The molecule has 0 saturated carbocycles. The number of amides is 1. The number of furan rings is 1. The Morgan fingerprint density at radius 3 is 2.52 bits per heavy atom. The van der Waals surface area contributed by atoms with Gasteiger partial charge in [-0.3, -0.25) is 4.79 Å². The van der Waals surface area contributed by atoms with Crippen LogP contribution in [0, 0.1) is 20.8 Å². The number of hydrogen-bond donors (Lipinski definition) is 0. The molecule has 0 radical (unpaired) electrons. The van der Waals surface area contributed by atoms with E-state index in [-0.39, 0.29) is 11.9 Å². The van der Waals surface area contributed by atoms with Crippen molar-refractivity contribution >= 4 is 5.91 Å². The smallest absolute Gasteiger partial charge is 0.290 e. The quantitative estimate of drug-likeness (QED) is 0.828. The zero-order valence-corrected chi connectivity index (χ0v) is 12.8. The van der Waals surface area contributed by atoms with E-state index in [0.29, 0.717) is 5.76 Å². The lowest BCUT2D eigenvalue weighted by molar-refractivity contribution is 0.0702. The number of hydrogen-bond acceptors (Lipinski definition) is 2. The van der Waals surface area contributed by atoms with Gasteiger partial charge in [0.25, 0.3) is 5.91 Å². The second-order valence-electron chi connectivity index (χ2n) is 6.01. The molecule has 1 unspecified atom stereocenters. The second kappa shape index (κ2) is 5.40. The van der Waals surface area contributed by atoms with E-state index < -0.39 is 0 Å². The molecular formula is C18H21NO2. The van der Waals surface area contributed by atoms with Gasteiger partial charge in [-0.05, 0) is 45.2 Å². The third kappa shape index (κ3) is 2.60. The Bertz CT molecular complexity index is 651. The molecule has 21 heavy (non-hydrogen) atoms. The lowest BCUT2D eigenvalue weighted by Crippen LogP contribution is -2.30. The summed E-state index contributed by atoms with van der Waals surface area (Å²) in [6.07, 6.45) is 3.65. The molecule has 1 aromatic heterocycles. The number of aryl methyl sites for hydroxylation is 3. The van der Waals surface area contributed by atoms with Crippen LogP contribution >= 0.6 is 0 Å². The maximum Gasteiger partial charge on any atom is 0.290 e. The largest absolute Gasteiger partial charge is 0.459 e. The molecule has 2 heterocycles. The van der Waals surface area contributed by atoms with Crippen LogP contribution in [-0.2, 0) is 0 Å². The average molecular weight is 283 g/mol. The predicted molar refractivity (Wildman–Crippen MR) is 82.4 cm³/mol. The fourth-order valence-electron chi connectivity index (χ4n) is 3.28. The van der Waals surface area contributed by atoms with Crippen molar-refractivity contribution in [3.05, 3.63) is 58.5 Å². The second-order valence-corrected chi connectivity index (χ2v) is 6.01. The maximum atomic E-state index is 12.7. The van der Waals surface area contributed by atoms with Crippen LogP contribution in [0.25, 0.3) is 0 Å². The van der Waals surface area contributed by atoms with Crippen LogP contribution in [0.15, 0.2) is 34.9 Å². The molecule has 2 aromatic rings. The highest BCUT2D eigenvalue weighted by Crippen LogP contribution is 2.34. The molecule has 0 spiro atoms. The van der Waals surface area contributed by atoms with E-state index in [9.17, 15) is 4.79 Å². The average Bonchev–Trinajstić information content (AvgIpc) is 3.05. The van der Waals surface area contributed by atoms with Crippen LogP contribution in [0.2, 0.25) is 0 Å². The summed E-state index contributed by atoms with van der Waals surface area (Å²) in [5.41, 5.74) is 4.64. The Morgan fingerprint density at radius 2 is 1.90 bits per heavy atom. The first-order chi connectivity index (χ1) is 10.1. The molecule has 0 bridgehead atoms. The highest BCUT2D eigenvalue weighted by atomic mass is 16.3. The minimum Gasteiger partial charge on any atom is -0.459 e. The molecule has 0 N–H and O–H groups in total. The number of likely N-dealkylation sites (tertiary alicyclic amines) is 1. The van der Waals surface area contributed by atoms with Gasteiger partial charge in [0.2, 0.25) is 0 Å². The van der Waals surface area contributed by atoms with E-state index in [2.05, 4.69) is 32.0 Å². The first-order valence-corrected chi connectivity index (χ1v) is 7.49. The molecule has 1 saturated heterocycles. The number of carbonyl (C=O) groups excluding carboxylic acids is 1. The number of nitrogens with zero attached hydrogens (tertiary/aromatic N) is 1. The SMILES string of the molecule is Cc1cc(C)cc(C2CCCN2C(=O)c2occc2C)c1. The molecular weight excluding hydrogens is 262 g/mol. The van der Waals surface area contributed by atoms with Gasteiger partial charge in [-0.25, -0.2) is 0 Å². The minimum atomic E-state index is 0.0131. The minimum absolute atomic E-state index is 0.0131. The summed E-state index contributed by atoms with van der Waals surface area (Å²) in [5.74, 6) is 0.491. The van der Waals surface area contributed by atoms with Gasteiger partial charge in [-0.15, -0.1) is 0 Å². The molecule has 110 valence electrons. The fourth-order valence-corrected chi connectivity index (χ4v) is 3.28. The van der Waals surface area contributed by atoms with E-state index in [0.717, 1.165) is 24.9 Å². The van der Waals surface area contributed by atoms with Gasteiger partial charge in [0.15, 0.2) is 5.76 Å². The lowest BCUT2D eigenvalue weighted by Gasteiger charge is -2.25. The van der Waals surface area contributed by atoms with Gasteiger partial charge in [-0.2, -0.15) is 0 Å². The first kappa shape index (κ1) is 13.9. The Morgan fingerprint density at radius 1 is 1.19 bits per heavy atom. The highest BCUT2D eigenvalue weighted by Gasteiger charge is 2.32. The molecule has 3 nitrogen and oxygen atoms in total. The summed E-state index contributed by atoms with van der Waals surface area (Å²) in [6, 6.07) is 8.56. The molecule has 1 amide bonds. The fraction of sp³-hybridized carbons (Fsp3) is 0.389. The number of carbonyl (C=O) groups is 1. The molecule has 1 aliphatic rings. The van der Waals surface area contributed by atoms with Crippen molar-refractivity contribution in [1.29, 1.82) is 0 Å². The van der Waals surface area contributed by atoms with Gasteiger partial charge in [0.1, 0.15) is 0 Å². The lowest BCUT2D eigenvalue weighted by atomic mass is 9.99. The third-order valence-corrected chi connectivity index (χ3v) is 4.20. The Balaban J connectivity index is 1.92. The van der Waals surface area contributed by atoms with Gasteiger partial charge in [0.05, 0.1) is 12.3 Å². The normalized spacial score (nSPS) is 18.2. The van der Waals surface area contributed by atoms with Crippen LogP contribution in [0.5, 0.6) is 0 Å². The van der Waals surface area contributed by atoms with E-state index in [1.165, 1.54) is 16.7 Å². The van der Waals surface area contributed by atoms with E-state index in [1.54, 1.807) is 6.26 Å². The highest BCUT2D eigenvalue weighted by molar-refractivity contribution is 5.93. The van der Waals surface area contributed by atoms with Crippen LogP contribution in [0.3, 0.4) is 0 Å². The monoisotopic (exact) mass is 283 g/mol. The maximum absolute atomic E-state index is 12.7. The molecule has 1 aliphatic heterocycles. The zero-order valence-electron chi connectivity index (χ0n) is 12.8. The van der Waals surface area contributed by atoms with E-state index in [1.807, 2.05) is 17.9 Å². The van der Waals surface area contributed by atoms with Crippen molar-refractivity contribution < 1.29 is 9.21 Å². The Kier molecular flexibility index (Phi) is 3.58. The van der Waals surface area contributed by atoms with Crippen molar-refractivity contribution in [3.63, 3.8) is 0 Å². The molecule has 1 atom stereocenters. The van der Waals surface area contributed by atoms with Gasteiger partial charge in [0, 0.05) is 12.1 Å². The van der Waals surface area contributed by atoms with Crippen LogP contribution in [-0.4, -0.2) is 17.4 Å². The number of rotatable bonds is 2. The predicted octanol–water partition coefficient (Wildman–Crippen LogP) is 4.18. The van der Waals surface area contributed by atoms with Crippen molar-refractivity contribution in [1.82, 2.24) is 4.90 Å². The standard InChI is InChI=1S/C18H21NO2/c1-12-9-13(2)11-15(10-12)16-5-4-7-19(16)18(20)17-14(3)6-8-21-17/h6,8-11,16H,4-5,7H2,1-3H3. The van der Waals surface area contributed by atoms with Crippen LogP contribution in [0.4, 0.5) is 0 Å². The first-order valence-electron chi connectivity index (χ1n) is 7.49. The summed E-state index contributed by atoms with van der Waals surface area (Å²) in [7, 11) is 0. The van der Waals surface area contributed by atoms with Gasteiger partial charge >= 0.3 is 0 Å². The van der Waals surface area contributed by atoms with Crippen molar-refractivity contribution in [2.75, 3.05) is 6.54 Å². The van der Waals surface area contributed by atoms with E-state index in [4.69, 9.17) is 4.42 Å². The van der Waals surface area contributed by atoms with Crippen LogP contribution < -0.4 is 0 Å². The van der Waals surface area contributed by atoms with Crippen LogP contribution in [0.1, 0.15) is 51.7 Å². The van der Waals surface area contributed by atoms with Gasteiger partial charge < -0.3 is 9.32 Å². The van der Waals surface area contributed by atoms with Crippen molar-refractivity contribution in [2.45, 2.75) is 39.7 Å². The topological polar surface area (TPSA) is 33.5 Å². The third-order valence-electron chi connectivity index (χ3n) is 4.20. The zero-order chi connectivity index (χ0) is 15.0. The van der Waals surface area contributed by atoms with Gasteiger partial charge in [-0.1, -0.05) is 29.3 Å². The summed E-state index contributed by atoms with van der Waals surface area (Å²) < 4.78 is 5.38. The molecule has 1 fully saturated rings. The molecule has 0 aliphatic carbocycles. The van der Waals surface area contributed by atoms with Crippen molar-refractivity contribution in [2.24, 2.45) is 0 Å². The van der Waals surface area contributed by atoms with Crippen molar-refractivity contribution in [3.8, 4) is 0 Å². The molecule has 3 heteroatoms. The summed E-state index contributed by atoms with van der Waals surface area (Å²) >= 11 is 0.